The molecule has 0 saturated heterocycles. The molecule has 160 valence electrons. The Morgan fingerprint density at radius 1 is 0.931 bits per heavy atom. The highest BCUT2D eigenvalue weighted by molar-refractivity contribution is 5.97. The molecule has 2 amide bonds. The third-order valence-electron chi connectivity index (χ3n) is 3.88. The van der Waals surface area contributed by atoms with Crippen LogP contribution in [-0.4, -0.2) is 56.8 Å². The molecule has 0 heterocycles. The Balaban J connectivity index is 2.81. The Labute approximate surface area is 170 Å². The fraction of sp³-hybridized carbons (Fsp3) is 0.500. The molecule has 1 rings (SSSR count). The minimum atomic E-state index is -0.978. The number of carbonyl (C=O) groups excluding carboxylic acids is 4. The summed E-state index contributed by atoms with van der Waals surface area (Å²) in [7, 11) is 1.55. The van der Waals surface area contributed by atoms with Gasteiger partial charge in [-0.3, -0.25) is 14.5 Å². The Morgan fingerprint density at radius 2 is 1.52 bits per heavy atom. The highest BCUT2D eigenvalue weighted by Gasteiger charge is 2.24. The minimum absolute atomic E-state index is 0.0269. The second-order valence-electron chi connectivity index (χ2n) is 5.93. The van der Waals surface area contributed by atoms with Crippen molar-refractivity contribution in [1.82, 2.24) is 5.32 Å². The zero-order valence-electron chi connectivity index (χ0n) is 17.2. The summed E-state index contributed by atoms with van der Waals surface area (Å²) in [5.41, 5.74) is 0.834. The Kier molecular flexibility index (Phi) is 10.2. The molecule has 0 aromatic heterocycles. The molecule has 1 aromatic rings. The molecular weight excluding hydrogens is 380 g/mol. The van der Waals surface area contributed by atoms with E-state index in [2.05, 4.69) is 5.32 Å². The van der Waals surface area contributed by atoms with Crippen molar-refractivity contribution in [3.63, 3.8) is 0 Å². The molecule has 0 unspecified atom stereocenters. The number of amides is 2. The van der Waals surface area contributed by atoms with Gasteiger partial charge < -0.3 is 19.5 Å². The van der Waals surface area contributed by atoms with Gasteiger partial charge in [0.15, 0.2) is 0 Å². The average Bonchev–Trinajstić information content (AvgIpc) is 2.71. The Hall–Kier alpha value is -3.10. The van der Waals surface area contributed by atoms with Crippen molar-refractivity contribution in [3.05, 3.63) is 29.8 Å². The summed E-state index contributed by atoms with van der Waals surface area (Å²) in [6.45, 7) is 5.69. The first-order valence-corrected chi connectivity index (χ1v) is 9.47. The number of nitrogens with one attached hydrogen (secondary N) is 1. The molecule has 1 N–H and O–H groups in total. The van der Waals surface area contributed by atoms with Gasteiger partial charge in [0, 0.05) is 24.7 Å². The third-order valence-corrected chi connectivity index (χ3v) is 3.88. The molecule has 1 aromatic carbocycles. The number of nitrogens with zero attached hydrogens (tertiary/aromatic N) is 1. The third kappa shape index (κ3) is 7.81. The summed E-state index contributed by atoms with van der Waals surface area (Å²) in [5.74, 6) is -1.58. The standard InChI is InChI=1S/C20H28N2O7/c1-5-27-17(23)13-12-16(19(25)28-6-2)21-18(24)14-8-10-15(11-9-14)22(4)20(26)29-7-3/h8-11,16H,5-7,12-13H2,1-4H3,(H,21,24)/t16-/m0/s1. The summed E-state index contributed by atoms with van der Waals surface area (Å²) in [5, 5.41) is 2.58. The van der Waals surface area contributed by atoms with Gasteiger partial charge in [0.1, 0.15) is 6.04 Å². The van der Waals surface area contributed by atoms with E-state index in [1.54, 1.807) is 40.0 Å². The Morgan fingerprint density at radius 3 is 2.07 bits per heavy atom. The van der Waals surface area contributed by atoms with Crippen molar-refractivity contribution < 1.29 is 33.4 Å². The first-order chi connectivity index (χ1) is 13.8. The largest absolute Gasteiger partial charge is 0.466 e. The highest BCUT2D eigenvalue weighted by Crippen LogP contribution is 2.15. The molecule has 0 bridgehead atoms. The first-order valence-electron chi connectivity index (χ1n) is 9.47. The van der Waals surface area contributed by atoms with Gasteiger partial charge in [0.05, 0.1) is 19.8 Å². The molecule has 0 radical (unpaired) electrons. The number of anilines is 1. The average molecular weight is 408 g/mol. The van der Waals surface area contributed by atoms with E-state index in [1.165, 1.54) is 17.0 Å². The van der Waals surface area contributed by atoms with Crippen molar-refractivity contribution in [1.29, 1.82) is 0 Å². The van der Waals surface area contributed by atoms with Crippen molar-refractivity contribution in [2.45, 2.75) is 39.7 Å². The van der Waals surface area contributed by atoms with Crippen LogP contribution in [0.3, 0.4) is 0 Å². The molecular formula is C20H28N2O7. The molecule has 1 atom stereocenters. The number of rotatable bonds is 10. The predicted octanol–water partition coefficient (Wildman–Crippen LogP) is 2.28. The summed E-state index contributed by atoms with van der Waals surface area (Å²) < 4.78 is 14.7. The van der Waals surface area contributed by atoms with E-state index in [0.717, 1.165) is 0 Å². The van der Waals surface area contributed by atoms with Crippen molar-refractivity contribution in [3.8, 4) is 0 Å². The second kappa shape index (κ2) is 12.4. The van der Waals surface area contributed by atoms with Crippen LogP contribution in [0.15, 0.2) is 24.3 Å². The van der Waals surface area contributed by atoms with E-state index in [4.69, 9.17) is 14.2 Å². The number of carbonyl (C=O) groups is 4. The first kappa shape index (κ1) is 23.9. The van der Waals surface area contributed by atoms with E-state index in [9.17, 15) is 19.2 Å². The number of hydrogen-bond donors (Lipinski definition) is 1. The lowest BCUT2D eigenvalue weighted by molar-refractivity contribution is -0.146. The number of benzene rings is 1. The maximum absolute atomic E-state index is 12.5. The van der Waals surface area contributed by atoms with Crippen LogP contribution < -0.4 is 10.2 Å². The van der Waals surface area contributed by atoms with E-state index in [1.807, 2.05) is 0 Å². The van der Waals surface area contributed by atoms with Crippen LogP contribution in [0, 0.1) is 0 Å². The molecule has 0 aliphatic rings. The van der Waals surface area contributed by atoms with Crippen LogP contribution in [0.25, 0.3) is 0 Å². The van der Waals surface area contributed by atoms with Gasteiger partial charge in [0.2, 0.25) is 0 Å². The van der Waals surface area contributed by atoms with Gasteiger partial charge in [0.25, 0.3) is 5.91 Å². The van der Waals surface area contributed by atoms with Gasteiger partial charge >= 0.3 is 18.0 Å². The summed E-state index contributed by atoms with van der Waals surface area (Å²) in [6.07, 6.45) is -0.473. The van der Waals surface area contributed by atoms with Crippen LogP contribution in [0.1, 0.15) is 44.0 Å². The number of esters is 2. The second-order valence-corrected chi connectivity index (χ2v) is 5.93. The molecule has 0 spiro atoms. The van der Waals surface area contributed by atoms with E-state index in [-0.39, 0.29) is 38.2 Å². The topological polar surface area (TPSA) is 111 Å². The van der Waals surface area contributed by atoms with Gasteiger partial charge in [-0.15, -0.1) is 0 Å². The molecule has 9 nitrogen and oxygen atoms in total. The maximum atomic E-state index is 12.5. The van der Waals surface area contributed by atoms with Crippen LogP contribution in [0.5, 0.6) is 0 Å². The minimum Gasteiger partial charge on any atom is -0.466 e. The lowest BCUT2D eigenvalue weighted by Crippen LogP contribution is -2.42. The number of hydrogen-bond acceptors (Lipinski definition) is 7. The summed E-state index contributed by atoms with van der Waals surface area (Å²) in [6, 6.07) is 5.24. The maximum Gasteiger partial charge on any atom is 0.413 e. The van der Waals surface area contributed by atoms with Gasteiger partial charge in [-0.05, 0) is 51.5 Å². The molecule has 0 saturated carbocycles. The molecule has 0 fully saturated rings. The van der Waals surface area contributed by atoms with E-state index < -0.39 is 30.0 Å². The zero-order chi connectivity index (χ0) is 21.8. The van der Waals surface area contributed by atoms with Gasteiger partial charge in [-0.1, -0.05) is 0 Å². The normalized spacial score (nSPS) is 11.2. The summed E-state index contributed by atoms with van der Waals surface area (Å²) >= 11 is 0. The van der Waals surface area contributed by atoms with E-state index in [0.29, 0.717) is 5.69 Å². The highest BCUT2D eigenvalue weighted by atomic mass is 16.6. The van der Waals surface area contributed by atoms with Crippen LogP contribution >= 0.6 is 0 Å². The predicted molar refractivity (Wildman–Crippen MR) is 106 cm³/mol. The SMILES string of the molecule is CCOC(=O)CC[C@H](NC(=O)c1ccc(N(C)C(=O)OCC)cc1)C(=O)OCC. The van der Waals surface area contributed by atoms with Crippen LogP contribution in [0.4, 0.5) is 10.5 Å². The van der Waals surface area contributed by atoms with Gasteiger partial charge in [-0.25, -0.2) is 9.59 Å². The van der Waals surface area contributed by atoms with Crippen LogP contribution in [-0.2, 0) is 23.8 Å². The van der Waals surface area contributed by atoms with E-state index >= 15 is 0 Å². The van der Waals surface area contributed by atoms with Crippen molar-refractivity contribution in [2.24, 2.45) is 0 Å². The summed E-state index contributed by atoms with van der Waals surface area (Å²) in [4.78, 5) is 49.2. The smallest absolute Gasteiger partial charge is 0.413 e. The quantitative estimate of drug-likeness (QED) is 0.467. The van der Waals surface area contributed by atoms with Crippen molar-refractivity contribution in [2.75, 3.05) is 31.8 Å². The zero-order valence-corrected chi connectivity index (χ0v) is 17.2. The molecule has 29 heavy (non-hydrogen) atoms. The Bertz CT molecular complexity index is 703. The lowest BCUT2D eigenvalue weighted by atomic mass is 10.1. The monoisotopic (exact) mass is 408 g/mol. The fourth-order valence-corrected chi connectivity index (χ4v) is 2.39. The lowest BCUT2D eigenvalue weighted by Gasteiger charge is -2.18. The molecule has 0 aliphatic heterocycles. The van der Waals surface area contributed by atoms with Gasteiger partial charge in [-0.2, -0.15) is 0 Å². The molecule has 9 heteroatoms. The fourth-order valence-electron chi connectivity index (χ4n) is 2.39. The van der Waals surface area contributed by atoms with Crippen LogP contribution in [0.2, 0.25) is 0 Å². The number of ether oxygens (including phenoxy) is 3. The molecule has 0 aliphatic carbocycles. The van der Waals surface area contributed by atoms with Crippen molar-refractivity contribution >= 4 is 29.6 Å².